The van der Waals surface area contributed by atoms with E-state index in [9.17, 15) is 9.18 Å². The van der Waals surface area contributed by atoms with Gasteiger partial charge in [-0.1, -0.05) is 29.8 Å². The van der Waals surface area contributed by atoms with Crippen molar-refractivity contribution in [3.05, 3.63) is 59.4 Å². The van der Waals surface area contributed by atoms with Crippen LogP contribution in [0.5, 0.6) is 0 Å². The molecule has 0 bridgehead atoms. The van der Waals surface area contributed by atoms with Crippen LogP contribution in [0.1, 0.15) is 35.6 Å². The van der Waals surface area contributed by atoms with Crippen LogP contribution >= 0.6 is 0 Å². The van der Waals surface area contributed by atoms with Crippen LogP contribution in [-0.2, 0) is 6.54 Å². The molecule has 0 aliphatic rings. The molecule has 110 valence electrons. The Kier molecular flexibility index (Phi) is 4.62. The van der Waals surface area contributed by atoms with Crippen LogP contribution < -0.4 is 0 Å². The standard InChI is InChI=1S/C16H18FN3O/c1-11(2)20(10-13-6-4-12(3)5-7-13)16(21)15-18-8-14(17)9-19-15/h4-9,11H,10H2,1-3H3. The summed E-state index contributed by atoms with van der Waals surface area (Å²) in [5.41, 5.74) is 2.20. The molecule has 1 heterocycles. The van der Waals surface area contributed by atoms with Crippen LogP contribution in [0.25, 0.3) is 0 Å². The molecule has 0 radical (unpaired) electrons. The molecule has 1 amide bonds. The highest BCUT2D eigenvalue weighted by Crippen LogP contribution is 2.12. The van der Waals surface area contributed by atoms with Gasteiger partial charge in [0.1, 0.15) is 0 Å². The minimum atomic E-state index is -0.554. The van der Waals surface area contributed by atoms with Crippen molar-refractivity contribution in [3.63, 3.8) is 0 Å². The van der Waals surface area contributed by atoms with Crippen molar-refractivity contribution < 1.29 is 9.18 Å². The highest BCUT2D eigenvalue weighted by atomic mass is 19.1. The maximum Gasteiger partial charge on any atom is 0.292 e. The topological polar surface area (TPSA) is 46.1 Å². The Hall–Kier alpha value is -2.30. The summed E-state index contributed by atoms with van der Waals surface area (Å²) >= 11 is 0. The van der Waals surface area contributed by atoms with Crippen molar-refractivity contribution in [2.75, 3.05) is 0 Å². The van der Waals surface area contributed by atoms with Crippen LogP contribution in [0.2, 0.25) is 0 Å². The molecule has 5 heteroatoms. The molecule has 0 saturated heterocycles. The molecule has 1 aromatic carbocycles. The third-order valence-electron chi connectivity index (χ3n) is 3.17. The Labute approximate surface area is 123 Å². The number of aryl methyl sites for hydroxylation is 1. The number of hydrogen-bond acceptors (Lipinski definition) is 3. The van der Waals surface area contributed by atoms with Crippen LogP contribution in [-0.4, -0.2) is 26.8 Å². The lowest BCUT2D eigenvalue weighted by Crippen LogP contribution is -2.37. The van der Waals surface area contributed by atoms with Gasteiger partial charge in [-0.2, -0.15) is 0 Å². The van der Waals surface area contributed by atoms with Crippen LogP contribution in [0.3, 0.4) is 0 Å². The van der Waals surface area contributed by atoms with Crippen molar-refractivity contribution in [3.8, 4) is 0 Å². The van der Waals surface area contributed by atoms with Gasteiger partial charge in [0.15, 0.2) is 5.82 Å². The maximum absolute atomic E-state index is 12.8. The van der Waals surface area contributed by atoms with E-state index in [2.05, 4.69) is 9.97 Å². The monoisotopic (exact) mass is 287 g/mol. The molecule has 1 aromatic heterocycles. The van der Waals surface area contributed by atoms with E-state index in [-0.39, 0.29) is 17.8 Å². The number of halogens is 1. The Balaban J connectivity index is 2.20. The molecule has 0 aliphatic carbocycles. The summed E-state index contributed by atoms with van der Waals surface area (Å²) in [6.45, 7) is 6.34. The molecule has 21 heavy (non-hydrogen) atoms. The summed E-state index contributed by atoms with van der Waals surface area (Å²) in [6.07, 6.45) is 2.01. The Morgan fingerprint density at radius 2 is 1.76 bits per heavy atom. The van der Waals surface area contributed by atoms with Gasteiger partial charge in [-0.15, -0.1) is 0 Å². The number of carbonyl (C=O) groups excluding carboxylic acids is 1. The smallest absolute Gasteiger partial charge is 0.292 e. The summed E-state index contributed by atoms with van der Waals surface area (Å²) in [7, 11) is 0. The van der Waals surface area contributed by atoms with Gasteiger partial charge in [0, 0.05) is 12.6 Å². The Morgan fingerprint density at radius 3 is 2.29 bits per heavy atom. The first-order chi connectivity index (χ1) is 9.97. The van der Waals surface area contributed by atoms with Gasteiger partial charge in [-0.05, 0) is 26.3 Å². The van der Waals surface area contributed by atoms with Crippen molar-refractivity contribution in [1.29, 1.82) is 0 Å². The maximum atomic E-state index is 12.8. The van der Waals surface area contributed by atoms with E-state index in [0.29, 0.717) is 6.54 Å². The van der Waals surface area contributed by atoms with Gasteiger partial charge in [-0.3, -0.25) is 4.79 Å². The first-order valence-corrected chi connectivity index (χ1v) is 6.81. The van der Waals surface area contributed by atoms with Gasteiger partial charge in [-0.25, -0.2) is 14.4 Å². The lowest BCUT2D eigenvalue weighted by Gasteiger charge is -2.26. The number of hydrogen-bond donors (Lipinski definition) is 0. The zero-order chi connectivity index (χ0) is 15.4. The van der Waals surface area contributed by atoms with Crippen LogP contribution in [0.15, 0.2) is 36.7 Å². The molecule has 2 aromatic rings. The molecule has 0 unspecified atom stereocenters. The van der Waals surface area contributed by atoms with Gasteiger partial charge in [0.2, 0.25) is 5.82 Å². The fraction of sp³-hybridized carbons (Fsp3) is 0.312. The predicted molar refractivity (Wildman–Crippen MR) is 78.2 cm³/mol. The predicted octanol–water partition coefficient (Wildman–Crippen LogP) is 2.97. The molecule has 0 saturated carbocycles. The average molecular weight is 287 g/mol. The first kappa shape index (κ1) is 15.1. The van der Waals surface area contributed by atoms with Gasteiger partial charge in [0.25, 0.3) is 5.91 Å². The summed E-state index contributed by atoms with van der Waals surface area (Å²) in [6, 6.07) is 7.99. The average Bonchev–Trinajstić information content (AvgIpc) is 2.46. The molecule has 0 fully saturated rings. The Morgan fingerprint density at radius 1 is 1.19 bits per heavy atom. The summed E-state index contributed by atoms with van der Waals surface area (Å²) < 4.78 is 12.8. The number of nitrogens with zero attached hydrogens (tertiary/aromatic N) is 3. The molecule has 0 atom stereocenters. The SMILES string of the molecule is Cc1ccc(CN(C(=O)c2ncc(F)cn2)C(C)C)cc1. The fourth-order valence-electron chi connectivity index (χ4n) is 1.93. The van der Waals surface area contributed by atoms with Gasteiger partial charge in [0.05, 0.1) is 12.4 Å². The zero-order valence-corrected chi connectivity index (χ0v) is 12.4. The quantitative estimate of drug-likeness (QED) is 0.868. The third-order valence-corrected chi connectivity index (χ3v) is 3.17. The minimum Gasteiger partial charge on any atom is -0.329 e. The molecule has 0 spiro atoms. The van der Waals surface area contributed by atoms with E-state index >= 15 is 0 Å². The highest BCUT2D eigenvalue weighted by Gasteiger charge is 2.21. The van der Waals surface area contributed by atoms with Crippen molar-refractivity contribution >= 4 is 5.91 Å². The van der Waals surface area contributed by atoms with E-state index in [4.69, 9.17) is 0 Å². The zero-order valence-electron chi connectivity index (χ0n) is 12.4. The number of aromatic nitrogens is 2. The van der Waals surface area contributed by atoms with E-state index < -0.39 is 5.82 Å². The largest absolute Gasteiger partial charge is 0.329 e. The van der Waals surface area contributed by atoms with Crippen LogP contribution in [0.4, 0.5) is 4.39 Å². The normalized spacial score (nSPS) is 10.7. The van der Waals surface area contributed by atoms with E-state index in [1.807, 2.05) is 45.0 Å². The van der Waals surface area contributed by atoms with E-state index in [1.165, 1.54) is 5.56 Å². The number of benzene rings is 1. The lowest BCUT2D eigenvalue weighted by molar-refractivity contribution is 0.0677. The van der Waals surface area contributed by atoms with Gasteiger partial charge < -0.3 is 4.90 Å². The number of carbonyl (C=O) groups is 1. The lowest BCUT2D eigenvalue weighted by atomic mass is 10.1. The second-order valence-electron chi connectivity index (χ2n) is 5.24. The second-order valence-corrected chi connectivity index (χ2v) is 5.24. The van der Waals surface area contributed by atoms with Crippen LogP contribution in [0, 0.1) is 12.7 Å². The molecule has 4 nitrogen and oxygen atoms in total. The number of rotatable bonds is 4. The molecule has 2 rings (SSSR count). The minimum absolute atomic E-state index is 0.00699. The Bertz CT molecular complexity index is 608. The molecule has 0 N–H and O–H groups in total. The summed E-state index contributed by atoms with van der Waals surface area (Å²) in [5, 5.41) is 0. The third kappa shape index (κ3) is 3.84. The van der Waals surface area contributed by atoms with E-state index in [0.717, 1.165) is 18.0 Å². The molecular weight excluding hydrogens is 269 g/mol. The highest BCUT2D eigenvalue weighted by molar-refractivity contribution is 5.90. The summed E-state index contributed by atoms with van der Waals surface area (Å²) in [5.74, 6) is -0.844. The molecule has 0 aliphatic heterocycles. The second kappa shape index (κ2) is 6.43. The van der Waals surface area contributed by atoms with Crippen molar-refractivity contribution in [2.45, 2.75) is 33.4 Å². The fourth-order valence-corrected chi connectivity index (χ4v) is 1.93. The first-order valence-electron chi connectivity index (χ1n) is 6.81. The van der Waals surface area contributed by atoms with E-state index in [1.54, 1.807) is 4.90 Å². The summed E-state index contributed by atoms with van der Waals surface area (Å²) in [4.78, 5) is 21.6. The number of amides is 1. The molecular formula is C16H18FN3O. The van der Waals surface area contributed by atoms with Crippen molar-refractivity contribution in [2.24, 2.45) is 0 Å². The van der Waals surface area contributed by atoms with Crippen molar-refractivity contribution in [1.82, 2.24) is 14.9 Å². The van der Waals surface area contributed by atoms with Gasteiger partial charge >= 0.3 is 0 Å².